The Morgan fingerprint density at radius 3 is 3.00 bits per heavy atom. The third-order valence-corrected chi connectivity index (χ3v) is 2.45. The fraction of sp³-hybridized carbons (Fsp3) is 0.400. The second kappa shape index (κ2) is 3.38. The van der Waals surface area contributed by atoms with Gasteiger partial charge in [-0.1, -0.05) is 6.07 Å². The average Bonchev–Trinajstić information content (AvgIpc) is 2.18. The third kappa shape index (κ3) is 1.28. The van der Waals surface area contributed by atoms with Gasteiger partial charge in [-0.05, 0) is 6.07 Å². The lowest BCUT2D eigenvalue weighted by molar-refractivity contribution is 0.253. The molecule has 1 aliphatic heterocycles. The smallest absolute Gasteiger partial charge is 0.184 e. The second-order valence-corrected chi connectivity index (χ2v) is 3.35. The SMILES string of the molecule is COc1c(N)ccc2c1OCC[C@@H]2N. The maximum atomic E-state index is 5.94. The molecule has 0 aromatic heterocycles. The van der Waals surface area contributed by atoms with Crippen LogP contribution in [0, 0.1) is 0 Å². The minimum Gasteiger partial charge on any atom is -0.491 e. The highest BCUT2D eigenvalue weighted by molar-refractivity contribution is 5.64. The van der Waals surface area contributed by atoms with Gasteiger partial charge >= 0.3 is 0 Å². The predicted octanol–water partition coefficient (Wildman–Crippen LogP) is 1.06. The average molecular weight is 194 g/mol. The van der Waals surface area contributed by atoms with Crippen molar-refractivity contribution < 1.29 is 9.47 Å². The molecule has 0 unspecified atom stereocenters. The maximum Gasteiger partial charge on any atom is 0.184 e. The Kier molecular flexibility index (Phi) is 2.21. The van der Waals surface area contributed by atoms with E-state index in [9.17, 15) is 0 Å². The van der Waals surface area contributed by atoms with Gasteiger partial charge in [0.1, 0.15) is 0 Å². The number of hydrogen-bond acceptors (Lipinski definition) is 4. The minimum atomic E-state index is 0.0215. The lowest BCUT2D eigenvalue weighted by Gasteiger charge is -2.25. The molecule has 0 fully saturated rings. The summed E-state index contributed by atoms with van der Waals surface area (Å²) in [5, 5.41) is 0. The van der Waals surface area contributed by atoms with Gasteiger partial charge in [0.25, 0.3) is 0 Å². The van der Waals surface area contributed by atoms with Gasteiger partial charge in [-0.25, -0.2) is 0 Å². The predicted molar refractivity (Wildman–Crippen MR) is 54.4 cm³/mol. The Balaban J connectivity index is 2.55. The monoisotopic (exact) mass is 194 g/mol. The molecule has 4 heteroatoms. The van der Waals surface area contributed by atoms with E-state index in [0.717, 1.165) is 12.0 Å². The summed E-state index contributed by atoms with van der Waals surface area (Å²) in [5.41, 5.74) is 13.3. The van der Waals surface area contributed by atoms with Gasteiger partial charge in [0.2, 0.25) is 0 Å². The molecule has 1 atom stereocenters. The number of benzene rings is 1. The number of methoxy groups -OCH3 is 1. The molecule has 0 saturated heterocycles. The molecular formula is C10H14N2O2. The molecule has 1 aromatic carbocycles. The number of nitrogens with two attached hydrogens (primary N) is 2. The zero-order valence-corrected chi connectivity index (χ0v) is 8.12. The number of hydrogen-bond donors (Lipinski definition) is 2. The topological polar surface area (TPSA) is 70.5 Å². The molecule has 4 nitrogen and oxygen atoms in total. The van der Waals surface area contributed by atoms with Gasteiger partial charge in [-0.15, -0.1) is 0 Å². The molecule has 1 heterocycles. The van der Waals surface area contributed by atoms with E-state index >= 15 is 0 Å². The number of ether oxygens (including phenoxy) is 2. The Morgan fingerprint density at radius 1 is 1.50 bits per heavy atom. The molecule has 0 saturated carbocycles. The zero-order chi connectivity index (χ0) is 10.1. The number of fused-ring (bicyclic) bond motifs is 1. The van der Waals surface area contributed by atoms with Crippen LogP contribution in [0.25, 0.3) is 0 Å². The molecule has 0 bridgehead atoms. The maximum absolute atomic E-state index is 5.94. The first-order valence-electron chi connectivity index (χ1n) is 4.58. The molecule has 0 aliphatic carbocycles. The number of rotatable bonds is 1. The molecule has 2 rings (SSSR count). The van der Waals surface area contributed by atoms with Crippen LogP contribution in [0.4, 0.5) is 5.69 Å². The van der Waals surface area contributed by atoms with Crippen LogP contribution in [-0.2, 0) is 0 Å². The van der Waals surface area contributed by atoms with Gasteiger partial charge in [0, 0.05) is 18.0 Å². The molecule has 76 valence electrons. The van der Waals surface area contributed by atoms with Crippen LogP contribution in [0.1, 0.15) is 18.0 Å². The second-order valence-electron chi connectivity index (χ2n) is 3.35. The summed E-state index contributed by atoms with van der Waals surface area (Å²) >= 11 is 0. The molecule has 1 aromatic rings. The van der Waals surface area contributed by atoms with E-state index in [1.54, 1.807) is 13.2 Å². The first kappa shape index (κ1) is 9.15. The van der Waals surface area contributed by atoms with Crippen LogP contribution in [0.15, 0.2) is 12.1 Å². The van der Waals surface area contributed by atoms with Crippen LogP contribution in [0.3, 0.4) is 0 Å². The molecular weight excluding hydrogens is 180 g/mol. The summed E-state index contributed by atoms with van der Waals surface area (Å²) in [4.78, 5) is 0. The standard InChI is InChI=1S/C10H14N2O2/c1-13-10-8(12)3-2-6-7(11)4-5-14-9(6)10/h2-3,7H,4-5,11-12H2,1H3/t7-/m0/s1. The summed E-state index contributed by atoms with van der Waals surface area (Å²) in [6.07, 6.45) is 0.833. The van der Waals surface area contributed by atoms with Crippen LogP contribution in [0.5, 0.6) is 11.5 Å². The highest BCUT2D eigenvalue weighted by Gasteiger charge is 2.22. The van der Waals surface area contributed by atoms with E-state index in [-0.39, 0.29) is 6.04 Å². The Morgan fingerprint density at radius 2 is 2.29 bits per heavy atom. The highest BCUT2D eigenvalue weighted by atomic mass is 16.5. The van der Waals surface area contributed by atoms with Gasteiger partial charge in [0.15, 0.2) is 11.5 Å². The third-order valence-electron chi connectivity index (χ3n) is 2.45. The van der Waals surface area contributed by atoms with Crippen molar-refractivity contribution in [3.63, 3.8) is 0 Å². The van der Waals surface area contributed by atoms with Crippen molar-refractivity contribution in [2.45, 2.75) is 12.5 Å². The minimum absolute atomic E-state index is 0.0215. The molecule has 0 radical (unpaired) electrons. The summed E-state index contributed by atoms with van der Waals surface area (Å²) in [5.74, 6) is 1.30. The Bertz CT molecular complexity index is 352. The highest BCUT2D eigenvalue weighted by Crippen LogP contribution is 2.41. The van der Waals surface area contributed by atoms with Crippen molar-refractivity contribution in [1.29, 1.82) is 0 Å². The molecule has 0 amide bonds. The Hall–Kier alpha value is -1.42. The fourth-order valence-corrected chi connectivity index (χ4v) is 1.69. The van der Waals surface area contributed by atoms with Crippen LogP contribution >= 0.6 is 0 Å². The van der Waals surface area contributed by atoms with Crippen molar-refractivity contribution in [1.82, 2.24) is 0 Å². The summed E-state index contributed by atoms with van der Waals surface area (Å²) < 4.78 is 10.7. The summed E-state index contributed by atoms with van der Waals surface area (Å²) in [7, 11) is 1.58. The van der Waals surface area contributed by atoms with E-state index in [0.29, 0.717) is 23.8 Å². The Labute approximate surface area is 82.8 Å². The van der Waals surface area contributed by atoms with Crippen molar-refractivity contribution in [3.05, 3.63) is 17.7 Å². The lowest BCUT2D eigenvalue weighted by atomic mass is 10.0. The van der Waals surface area contributed by atoms with Crippen molar-refractivity contribution in [3.8, 4) is 11.5 Å². The number of anilines is 1. The van der Waals surface area contributed by atoms with Crippen LogP contribution in [0.2, 0.25) is 0 Å². The van der Waals surface area contributed by atoms with Crippen molar-refractivity contribution >= 4 is 5.69 Å². The van der Waals surface area contributed by atoms with Gasteiger partial charge in [-0.3, -0.25) is 0 Å². The van der Waals surface area contributed by atoms with Crippen molar-refractivity contribution in [2.75, 3.05) is 19.5 Å². The lowest BCUT2D eigenvalue weighted by Crippen LogP contribution is -2.21. The molecule has 0 spiro atoms. The van der Waals surface area contributed by atoms with Gasteiger partial charge < -0.3 is 20.9 Å². The number of nitrogen functional groups attached to an aromatic ring is 1. The van der Waals surface area contributed by atoms with E-state index < -0.39 is 0 Å². The van der Waals surface area contributed by atoms with E-state index in [1.807, 2.05) is 6.07 Å². The molecule has 1 aliphatic rings. The zero-order valence-electron chi connectivity index (χ0n) is 8.12. The van der Waals surface area contributed by atoms with Crippen molar-refractivity contribution in [2.24, 2.45) is 5.73 Å². The van der Waals surface area contributed by atoms with E-state index in [2.05, 4.69) is 0 Å². The van der Waals surface area contributed by atoms with E-state index in [4.69, 9.17) is 20.9 Å². The molecule has 14 heavy (non-hydrogen) atoms. The fourth-order valence-electron chi connectivity index (χ4n) is 1.69. The largest absolute Gasteiger partial charge is 0.491 e. The quantitative estimate of drug-likeness (QED) is 0.656. The molecule has 4 N–H and O–H groups in total. The first-order valence-corrected chi connectivity index (χ1v) is 4.58. The summed E-state index contributed by atoms with van der Waals surface area (Å²) in [6.45, 7) is 0.619. The van der Waals surface area contributed by atoms with Gasteiger partial charge in [-0.2, -0.15) is 0 Å². The van der Waals surface area contributed by atoms with Gasteiger partial charge in [0.05, 0.1) is 19.4 Å². The van der Waals surface area contributed by atoms with E-state index in [1.165, 1.54) is 0 Å². The van der Waals surface area contributed by atoms with Crippen LogP contribution < -0.4 is 20.9 Å². The van der Waals surface area contributed by atoms with Crippen LogP contribution in [-0.4, -0.2) is 13.7 Å². The normalized spacial score (nSPS) is 19.7. The first-order chi connectivity index (χ1) is 6.74. The summed E-state index contributed by atoms with van der Waals surface area (Å²) in [6, 6.07) is 3.72.